The van der Waals surface area contributed by atoms with E-state index in [2.05, 4.69) is 18.7 Å². The highest BCUT2D eigenvalue weighted by Crippen LogP contribution is 2.27. The highest BCUT2D eigenvalue weighted by atomic mass is 32.2. The largest absolute Gasteiger partial charge is 0.340 e. The number of nitrogens with zero attached hydrogens (tertiary/aromatic N) is 2. The van der Waals surface area contributed by atoms with E-state index in [1.807, 2.05) is 0 Å². The molecule has 2 fully saturated rings. The lowest BCUT2D eigenvalue weighted by Gasteiger charge is -2.38. The van der Waals surface area contributed by atoms with Crippen LogP contribution < -0.4 is 0 Å². The number of carbonyl (C=O) groups is 1. The number of sulfone groups is 1. The predicted octanol–water partition coefficient (Wildman–Crippen LogP) is 1.000. The van der Waals surface area contributed by atoms with Crippen molar-refractivity contribution in [3.05, 3.63) is 0 Å². The van der Waals surface area contributed by atoms with Gasteiger partial charge >= 0.3 is 0 Å². The van der Waals surface area contributed by atoms with Crippen LogP contribution in [0.1, 0.15) is 34.1 Å². The summed E-state index contributed by atoms with van der Waals surface area (Å²) >= 11 is 0. The molecule has 2 aliphatic heterocycles. The molecule has 0 aromatic heterocycles. The first-order valence-electron chi connectivity index (χ1n) is 7.86. The van der Waals surface area contributed by atoms with Gasteiger partial charge in [-0.3, -0.25) is 4.79 Å². The van der Waals surface area contributed by atoms with Crippen molar-refractivity contribution in [2.75, 3.05) is 38.5 Å². The molecule has 5 nitrogen and oxygen atoms in total. The second-order valence-corrected chi connectivity index (χ2v) is 10.2. The van der Waals surface area contributed by atoms with Crippen LogP contribution in [0.4, 0.5) is 0 Å². The van der Waals surface area contributed by atoms with E-state index >= 15 is 0 Å². The first-order valence-corrected chi connectivity index (χ1v) is 9.51. The zero-order valence-corrected chi connectivity index (χ0v) is 14.4. The summed E-state index contributed by atoms with van der Waals surface area (Å²) in [5, 5.41) is 0. The zero-order valence-electron chi connectivity index (χ0n) is 13.6. The van der Waals surface area contributed by atoms with Crippen molar-refractivity contribution in [3.63, 3.8) is 0 Å². The Kier molecular flexibility index (Phi) is 4.69. The number of hydrogen-bond acceptors (Lipinski definition) is 4. The Bertz CT molecular complexity index is 499. The Morgan fingerprint density at radius 2 is 1.95 bits per heavy atom. The van der Waals surface area contributed by atoms with E-state index < -0.39 is 14.6 Å². The molecule has 0 N–H and O–H groups in total. The molecule has 2 rings (SSSR count). The van der Waals surface area contributed by atoms with Crippen LogP contribution in [0.5, 0.6) is 0 Å². The number of hydrogen-bond donors (Lipinski definition) is 0. The molecule has 0 aromatic carbocycles. The maximum atomic E-state index is 12.6. The minimum Gasteiger partial charge on any atom is -0.340 e. The molecule has 122 valence electrons. The van der Waals surface area contributed by atoms with Crippen molar-refractivity contribution in [1.29, 1.82) is 0 Å². The van der Waals surface area contributed by atoms with Gasteiger partial charge < -0.3 is 9.80 Å². The highest BCUT2D eigenvalue weighted by molar-refractivity contribution is 7.92. The average Bonchev–Trinajstić information content (AvgIpc) is 2.79. The molecule has 21 heavy (non-hydrogen) atoms. The van der Waals surface area contributed by atoms with E-state index in [0.29, 0.717) is 19.0 Å². The smallest absolute Gasteiger partial charge is 0.227 e. The maximum absolute atomic E-state index is 12.6. The third-order valence-electron chi connectivity index (χ3n) is 4.60. The molecule has 0 spiro atoms. The number of rotatable bonds is 3. The molecule has 0 saturated carbocycles. The second kappa shape index (κ2) is 5.88. The van der Waals surface area contributed by atoms with Gasteiger partial charge in [-0.15, -0.1) is 0 Å². The minimum absolute atomic E-state index is 0.0420. The van der Waals surface area contributed by atoms with Gasteiger partial charge in [0.1, 0.15) is 0 Å². The topological polar surface area (TPSA) is 57.7 Å². The van der Waals surface area contributed by atoms with Crippen LogP contribution >= 0.6 is 0 Å². The fourth-order valence-electron chi connectivity index (χ4n) is 3.31. The van der Waals surface area contributed by atoms with Crippen LogP contribution in [0.2, 0.25) is 0 Å². The summed E-state index contributed by atoms with van der Waals surface area (Å²) in [7, 11) is -3.08. The van der Waals surface area contributed by atoms with E-state index in [4.69, 9.17) is 0 Å². The molecule has 0 bridgehead atoms. The number of amides is 1. The molecule has 0 aliphatic carbocycles. The third kappa shape index (κ3) is 3.59. The lowest BCUT2D eigenvalue weighted by atomic mass is 10.1. The quantitative estimate of drug-likeness (QED) is 0.779. The van der Waals surface area contributed by atoms with E-state index in [1.165, 1.54) is 0 Å². The zero-order chi connectivity index (χ0) is 15.8. The molecule has 1 atom stereocenters. The number of likely N-dealkylation sites (tertiary alicyclic amines) is 1. The van der Waals surface area contributed by atoms with Crippen molar-refractivity contribution in [3.8, 4) is 0 Å². The van der Waals surface area contributed by atoms with E-state index in [-0.39, 0.29) is 17.6 Å². The Morgan fingerprint density at radius 1 is 1.29 bits per heavy atom. The lowest BCUT2D eigenvalue weighted by Crippen LogP contribution is -2.55. The van der Waals surface area contributed by atoms with E-state index in [1.54, 1.807) is 18.7 Å². The average molecular weight is 316 g/mol. The Balaban J connectivity index is 1.96. The lowest BCUT2D eigenvalue weighted by molar-refractivity contribution is -0.135. The molecule has 0 aromatic rings. The molecular formula is C15H28N2O3S. The van der Waals surface area contributed by atoms with Gasteiger partial charge in [0.15, 0.2) is 9.84 Å². The summed E-state index contributed by atoms with van der Waals surface area (Å²) in [5.41, 5.74) is 0. The van der Waals surface area contributed by atoms with E-state index in [0.717, 1.165) is 26.1 Å². The second-order valence-electron chi connectivity index (χ2n) is 7.48. The van der Waals surface area contributed by atoms with Gasteiger partial charge in [-0.25, -0.2) is 8.42 Å². The molecule has 2 saturated heterocycles. The Labute approximate surface area is 128 Å². The fourth-order valence-corrected chi connectivity index (χ4v) is 4.67. The molecule has 2 aliphatic rings. The van der Waals surface area contributed by atoms with Crippen LogP contribution in [-0.4, -0.2) is 67.3 Å². The van der Waals surface area contributed by atoms with Gasteiger partial charge in [0.2, 0.25) is 5.91 Å². The Hall–Kier alpha value is -0.620. The molecule has 0 radical (unpaired) electrons. The van der Waals surface area contributed by atoms with E-state index in [9.17, 15) is 13.2 Å². The van der Waals surface area contributed by atoms with Gasteiger partial charge in [0, 0.05) is 26.2 Å². The molecule has 2 heterocycles. The summed E-state index contributed by atoms with van der Waals surface area (Å²) in [4.78, 5) is 16.7. The summed E-state index contributed by atoms with van der Waals surface area (Å²) in [6, 6.07) is 0. The van der Waals surface area contributed by atoms with Crippen molar-refractivity contribution in [1.82, 2.24) is 9.80 Å². The number of carbonyl (C=O) groups excluding carboxylic acids is 1. The summed E-state index contributed by atoms with van der Waals surface area (Å²) in [5.74, 6) is 0.885. The monoisotopic (exact) mass is 316 g/mol. The molecular weight excluding hydrogens is 288 g/mol. The standard InChI is InChI=1S/C15H28N2O3S/c1-12(2)9-16-6-5-13(10-16)14(18)17-7-8-21(19,20)15(3,4)11-17/h12-13H,5-11H2,1-4H3/t13-/m0/s1. The molecule has 1 amide bonds. The van der Waals surface area contributed by atoms with Gasteiger partial charge in [-0.2, -0.15) is 0 Å². The molecule has 6 heteroatoms. The summed E-state index contributed by atoms with van der Waals surface area (Å²) < 4.78 is 23.2. The highest BCUT2D eigenvalue weighted by Gasteiger charge is 2.43. The molecule has 0 unspecified atom stereocenters. The van der Waals surface area contributed by atoms with Crippen molar-refractivity contribution < 1.29 is 13.2 Å². The first kappa shape index (κ1) is 16.7. The normalized spacial score (nSPS) is 29.0. The van der Waals surface area contributed by atoms with Crippen LogP contribution in [0, 0.1) is 11.8 Å². The van der Waals surface area contributed by atoms with Crippen molar-refractivity contribution >= 4 is 15.7 Å². The Morgan fingerprint density at radius 3 is 2.52 bits per heavy atom. The van der Waals surface area contributed by atoms with Crippen LogP contribution in [-0.2, 0) is 14.6 Å². The first-order chi connectivity index (χ1) is 9.62. The van der Waals surface area contributed by atoms with Crippen molar-refractivity contribution in [2.24, 2.45) is 11.8 Å². The minimum atomic E-state index is -3.08. The summed E-state index contributed by atoms with van der Waals surface area (Å²) in [6.07, 6.45) is 0.898. The van der Waals surface area contributed by atoms with Crippen LogP contribution in [0.3, 0.4) is 0 Å². The maximum Gasteiger partial charge on any atom is 0.227 e. The van der Waals surface area contributed by atoms with Gasteiger partial charge in [0.25, 0.3) is 0 Å². The third-order valence-corrected chi connectivity index (χ3v) is 7.13. The van der Waals surface area contributed by atoms with Gasteiger partial charge in [-0.05, 0) is 32.7 Å². The predicted molar refractivity (Wildman–Crippen MR) is 83.8 cm³/mol. The SMILES string of the molecule is CC(C)CN1CC[C@H](C(=O)N2CCS(=O)(=O)C(C)(C)C2)C1. The van der Waals surface area contributed by atoms with Crippen LogP contribution in [0.15, 0.2) is 0 Å². The summed E-state index contributed by atoms with van der Waals surface area (Å²) in [6.45, 7) is 11.3. The van der Waals surface area contributed by atoms with Gasteiger partial charge in [0.05, 0.1) is 16.4 Å². The fraction of sp³-hybridized carbons (Fsp3) is 0.933. The van der Waals surface area contributed by atoms with Gasteiger partial charge in [-0.1, -0.05) is 13.8 Å². The van der Waals surface area contributed by atoms with Crippen LogP contribution in [0.25, 0.3) is 0 Å². The van der Waals surface area contributed by atoms with Crippen molar-refractivity contribution in [2.45, 2.75) is 38.9 Å².